The lowest BCUT2D eigenvalue weighted by Gasteiger charge is -2.17. The lowest BCUT2D eigenvalue weighted by atomic mass is 10.1. The van der Waals surface area contributed by atoms with Gasteiger partial charge in [0.15, 0.2) is 0 Å². The summed E-state index contributed by atoms with van der Waals surface area (Å²) in [7, 11) is 0. The molecule has 0 aliphatic carbocycles. The summed E-state index contributed by atoms with van der Waals surface area (Å²) in [5.41, 5.74) is 4.46. The number of anilines is 1. The van der Waals surface area contributed by atoms with Crippen LogP contribution in [0.3, 0.4) is 0 Å². The summed E-state index contributed by atoms with van der Waals surface area (Å²) in [5.74, 6) is 0. The van der Waals surface area contributed by atoms with Crippen molar-refractivity contribution in [3.8, 4) is 0 Å². The van der Waals surface area contributed by atoms with Crippen LogP contribution in [0.25, 0.3) is 0 Å². The second kappa shape index (κ2) is 6.16. The van der Waals surface area contributed by atoms with Crippen LogP contribution in [0.1, 0.15) is 43.8 Å². The molecule has 1 N–H and O–H groups in total. The van der Waals surface area contributed by atoms with Crippen molar-refractivity contribution in [1.29, 1.82) is 0 Å². The van der Waals surface area contributed by atoms with Crippen LogP contribution in [0.5, 0.6) is 0 Å². The van der Waals surface area contributed by atoms with Crippen LogP contribution in [-0.2, 0) is 13.1 Å². The molecule has 0 bridgehead atoms. The Morgan fingerprint density at radius 2 is 1.95 bits per heavy atom. The summed E-state index contributed by atoms with van der Waals surface area (Å²) in [6.45, 7) is 11.9. The molecule has 114 valence electrons. The molecule has 5 heteroatoms. The van der Waals surface area contributed by atoms with E-state index in [1.165, 1.54) is 11.3 Å². The molecule has 0 saturated carbocycles. The molecule has 2 aromatic rings. The van der Waals surface area contributed by atoms with Gasteiger partial charge >= 0.3 is 0 Å². The summed E-state index contributed by atoms with van der Waals surface area (Å²) >= 11 is 0. The topological polar surface area (TPSA) is 51.9 Å². The van der Waals surface area contributed by atoms with Gasteiger partial charge in [0.05, 0.1) is 17.4 Å². The van der Waals surface area contributed by atoms with E-state index < -0.39 is 0 Å². The van der Waals surface area contributed by atoms with Gasteiger partial charge in [-0.25, -0.2) is 0 Å². The van der Waals surface area contributed by atoms with Crippen LogP contribution in [-0.4, -0.2) is 14.3 Å². The van der Waals surface area contributed by atoms with E-state index in [0.29, 0.717) is 6.54 Å². The summed E-state index contributed by atoms with van der Waals surface area (Å²) in [6, 6.07) is 3.58. The molecule has 0 saturated heterocycles. The third-order valence-electron chi connectivity index (χ3n) is 3.88. The van der Waals surface area contributed by atoms with Crippen LogP contribution in [0.15, 0.2) is 23.1 Å². The van der Waals surface area contributed by atoms with E-state index in [1.54, 1.807) is 10.6 Å². The summed E-state index contributed by atoms with van der Waals surface area (Å²) in [5, 5.41) is 8.03. The predicted octanol–water partition coefficient (Wildman–Crippen LogP) is 2.87. The van der Waals surface area contributed by atoms with E-state index in [1.807, 2.05) is 30.8 Å². The molecule has 21 heavy (non-hydrogen) atoms. The number of nitrogens with one attached hydrogen (secondary N) is 1. The summed E-state index contributed by atoms with van der Waals surface area (Å²) in [4.78, 5) is 11.6. The van der Waals surface area contributed by atoms with Crippen molar-refractivity contribution in [1.82, 2.24) is 14.3 Å². The molecular formula is C16H24N4O. The lowest BCUT2D eigenvalue weighted by Crippen LogP contribution is -2.18. The molecule has 2 rings (SSSR count). The standard InChI is InChI=1S/C16H24N4O/c1-6-19-10-14(8-9-15(19)21)17-11(3)16-12(4)18-20(7-2)13(16)5/h8-11,17H,6-7H2,1-5H3. The van der Waals surface area contributed by atoms with Gasteiger partial charge in [0.25, 0.3) is 5.56 Å². The van der Waals surface area contributed by atoms with Crippen LogP contribution in [0.4, 0.5) is 5.69 Å². The van der Waals surface area contributed by atoms with E-state index in [2.05, 4.69) is 31.2 Å². The van der Waals surface area contributed by atoms with Crippen molar-refractivity contribution < 1.29 is 0 Å². The van der Waals surface area contributed by atoms with E-state index >= 15 is 0 Å². The van der Waals surface area contributed by atoms with Gasteiger partial charge in [-0.2, -0.15) is 5.10 Å². The van der Waals surface area contributed by atoms with Gasteiger partial charge in [0, 0.05) is 36.6 Å². The molecule has 0 spiro atoms. The number of hydrogen-bond donors (Lipinski definition) is 1. The molecule has 1 unspecified atom stereocenters. The van der Waals surface area contributed by atoms with Gasteiger partial charge < -0.3 is 9.88 Å². The third kappa shape index (κ3) is 3.01. The highest BCUT2D eigenvalue weighted by molar-refractivity contribution is 5.44. The molecule has 0 aliphatic heterocycles. The molecule has 0 radical (unpaired) electrons. The Balaban J connectivity index is 2.28. The van der Waals surface area contributed by atoms with Gasteiger partial charge in [0.1, 0.15) is 0 Å². The highest BCUT2D eigenvalue weighted by atomic mass is 16.1. The largest absolute Gasteiger partial charge is 0.377 e. The molecule has 5 nitrogen and oxygen atoms in total. The van der Waals surface area contributed by atoms with E-state index in [9.17, 15) is 4.79 Å². The van der Waals surface area contributed by atoms with E-state index in [-0.39, 0.29) is 11.6 Å². The first-order valence-electron chi connectivity index (χ1n) is 7.48. The van der Waals surface area contributed by atoms with Gasteiger partial charge in [-0.1, -0.05) is 0 Å². The van der Waals surface area contributed by atoms with Crippen molar-refractivity contribution in [2.75, 3.05) is 5.32 Å². The molecule has 0 fully saturated rings. The fourth-order valence-electron chi connectivity index (χ4n) is 2.83. The molecule has 0 aromatic carbocycles. The molecule has 0 amide bonds. The SMILES string of the molecule is CCn1nc(C)c(C(C)Nc2ccc(=O)n(CC)c2)c1C. The minimum Gasteiger partial charge on any atom is -0.377 e. The number of rotatable bonds is 5. The zero-order valence-corrected chi connectivity index (χ0v) is 13.5. The quantitative estimate of drug-likeness (QED) is 0.920. The van der Waals surface area contributed by atoms with E-state index in [4.69, 9.17) is 0 Å². The Labute approximate surface area is 125 Å². The first kappa shape index (κ1) is 15.4. The molecular weight excluding hydrogens is 264 g/mol. The minimum absolute atomic E-state index is 0.0295. The number of nitrogens with zero attached hydrogens (tertiary/aromatic N) is 3. The van der Waals surface area contributed by atoms with Gasteiger partial charge in [0.2, 0.25) is 0 Å². The van der Waals surface area contributed by atoms with Crippen LogP contribution in [0.2, 0.25) is 0 Å². The first-order valence-corrected chi connectivity index (χ1v) is 7.48. The lowest BCUT2D eigenvalue weighted by molar-refractivity contribution is 0.632. The maximum Gasteiger partial charge on any atom is 0.250 e. The van der Waals surface area contributed by atoms with Gasteiger partial charge in [-0.05, 0) is 40.7 Å². The van der Waals surface area contributed by atoms with E-state index in [0.717, 1.165) is 17.9 Å². The van der Waals surface area contributed by atoms with Gasteiger partial charge in [-0.15, -0.1) is 0 Å². The zero-order chi connectivity index (χ0) is 15.6. The van der Waals surface area contributed by atoms with Crippen molar-refractivity contribution in [3.63, 3.8) is 0 Å². The predicted molar refractivity (Wildman–Crippen MR) is 85.8 cm³/mol. The normalized spacial score (nSPS) is 12.4. The number of aromatic nitrogens is 3. The molecule has 2 aromatic heterocycles. The summed E-state index contributed by atoms with van der Waals surface area (Å²) < 4.78 is 3.72. The fourth-order valence-corrected chi connectivity index (χ4v) is 2.83. The fraction of sp³-hybridized carbons (Fsp3) is 0.500. The Morgan fingerprint density at radius 3 is 2.52 bits per heavy atom. The average molecular weight is 288 g/mol. The monoisotopic (exact) mass is 288 g/mol. The second-order valence-corrected chi connectivity index (χ2v) is 5.31. The number of aryl methyl sites for hydroxylation is 3. The second-order valence-electron chi connectivity index (χ2n) is 5.31. The minimum atomic E-state index is 0.0295. The van der Waals surface area contributed by atoms with Crippen molar-refractivity contribution in [3.05, 3.63) is 45.6 Å². The maximum atomic E-state index is 11.6. The molecule has 2 heterocycles. The van der Waals surface area contributed by atoms with Crippen LogP contribution >= 0.6 is 0 Å². The first-order chi connectivity index (χ1) is 9.97. The Morgan fingerprint density at radius 1 is 1.24 bits per heavy atom. The van der Waals surface area contributed by atoms with Crippen LogP contribution < -0.4 is 10.9 Å². The van der Waals surface area contributed by atoms with Crippen LogP contribution in [0, 0.1) is 13.8 Å². The smallest absolute Gasteiger partial charge is 0.250 e. The number of hydrogen-bond acceptors (Lipinski definition) is 3. The Hall–Kier alpha value is -2.04. The summed E-state index contributed by atoms with van der Waals surface area (Å²) in [6.07, 6.45) is 1.87. The van der Waals surface area contributed by atoms with Crippen molar-refractivity contribution in [2.45, 2.75) is 53.8 Å². The van der Waals surface area contributed by atoms with Crippen molar-refractivity contribution >= 4 is 5.69 Å². The highest BCUT2D eigenvalue weighted by Crippen LogP contribution is 2.24. The molecule has 0 aliphatic rings. The highest BCUT2D eigenvalue weighted by Gasteiger charge is 2.17. The molecule has 1 atom stereocenters. The maximum absolute atomic E-state index is 11.6. The third-order valence-corrected chi connectivity index (χ3v) is 3.88. The van der Waals surface area contributed by atoms with Gasteiger partial charge in [-0.3, -0.25) is 9.48 Å². The average Bonchev–Trinajstić information content (AvgIpc) is 2.75. The Kier molecular flexibility index (Phi) is 4.50. The van der Waals surface area contributed by atoms with Crippen molar-refractivity contribution in [2.24, 2.45) is 0 Å². The Bertz CT molecular complexity index is 684. The number of pyridine rings is 1. The zero-order valence-electron chi connectivity index (χ0n) is 13.5.